The summed E-state index contributed by atoms with van der Waals surface area (Å²) in [4.78, 5) is 17.4. The lowest BCUT2D eigenvalue weighted by Crippen LogP contribution is -2.45. The number of rotatable bonds is 6. The van der Waals surface area contributed by atoms with Gasteiger partial charge >= 0.3 is 0 Å². The third-order valence-electron chi connectivity index (χ3n) is 5.85. The third kappa shape index (κ3) is 5.55. The molecule has 0 aliphatic carbocycles. The molecule has 1 amide bonds. The van der Waals surface area contributed by atoms with E-state index in [0.29, 0.717) is 6.04 Å². The monoisotopic (exact) mass is 343 g/mol. The van der Waals surface area contributed by atoms with Crippen LogP contribution in [0.15, 0.2) is 30.3 Å². The maximum absolute atomic E-state index is 12.4. The summed E-state index contributed by atoms with van der Waals surface area (Å²) < 4.78 is 0. The van der Waals surface area contributed by atoms with Crippen molar-refractivity contribution < 1.29 is 4.79 Å². The van der Waals surface area contributed by atoms with Gasteiger partial charge in [0.25, 0.3) is 0 Å². The van der Waals surface area contributed by atoms with Crippen molar-refractivity contribution in [2.45, 2.75) is 51.6 Å². The molecule has 25 heavy (non-hydrogen) atoms. The molecule has 3 rings (SSSR count). The van der Waals surface area contributed by atoms with Crippen LogP contribution in [-0.2, 0) is 11.3 Å². The molecule has 0 spiro atoms. The van der Waals surface area contributed by atoms with Gasteiger partial charge in [0.2, 0.25) is 5.91 Å². The van der Waals surface area contributed by atoms with Crippen molar-refractivity contribution in [1.29, 1.82) is 0 Å². The molecule has 2 saturated heterocycles. The predicted octanol–water partition coefficient (Wildman–Crippen LogP) is 2.89. The zero-order valence-electron chi connectivity index (χ0n) is 15.6. The van der Waals surface area contributed by atoms with Crippen molar-refractivity contribution >= 4 is 5.91 Å². The first-order valence-electron chi connectivity index (χ1n) is 10.0. The number of hydrogen-bond donors (Lipinski definition) is 1. The molecular weight excluding hydrogens is 310 g/mol. The topological polar surface area (TPSA) is 35.6 Å². The Morgan fingerprint density at radius 1 is 1.08 bits per heavy atom. The SMILES string of the molecule is CC1CCCCN1CCNC(=O)C1CCN(Cc2ccccc2)CC1. The van der Waals surface area contributed by atoms with E-state index in [1.54, 1.807) is 0 Å². The van der Waals surface area contributed by atoms with Crippen molar-refractivity contribution in [2.24, 2.45) is 5.92 Å². The Morgan fingerprint density at radius 2 is 1.84 bits per heavy atom. The van der Waals surface area contributed by atoms with Crippen LogP contribution in [0.1, 0.15) is 44.6 Å². The van der Waals surface area contributed by atoms with E-state index in [0.717, 1.165) is 45.6 Å². The van der Waals surface area contributed by atoms with Crippen LogP contribution in [0.4, 0.5) is 0 Å². The maximum Gasteiger partial charge on any atom is 0.223 e. The summed E-state index contributed by atoms with van der Waals surface area (Å²) in [7, 11) is 0. The highest BCUT2D eigenvalue weighted by Gasteiger charge is 2.25. The van der Waals surface area contributed by atoms with Crippen LogP contribution < -0.4 is 5.32 Å². The minimum atomic E-state index is 0.200. The summed E-state index contributed by atoms with van der Waals surface area (Å²) in [5.41, 5.74) is 1.36. The van der Waals surface area contributed by atoms with Gasteiger partial charge in [-0.05, 0) is 57.8 Å². The average Bonchev–Trinajstić information content (AvgIpc) is 2.65. The summed E-state index contributed by atoms with van der Waals surface area (Å²) in [6, 6.07) is 11.3. The quantitative estimate of drug-likeness (QED) is 0.863. The van der Waals surface area contributed by atoms with Crippen LogP contribution in [0, 0.1) is 5.92 Å². The van der Waals surface area contributed by atoms with Crippen LogP contribution >= 0.6 is 0 Å². The number of piperidine rings is 2. The van der Waals surface area contributed by atoms with Crippen LogP contribution in [0.5, 0.6) is 0 Å². The first kappa shape index (κ1) is 18.4. The third-order valence-corrected chi connectivity index (χ3v) is 5.85. The summed E-state index contributed by atoms with van der Waals surface area (Å²) in [6.07, 6.45) is 5.93. The smallest absolute Gasteiger partial charge is 0.223 e. The number of benzene rings is 1. The predicted molar refractivity (Wildman–Crippen MR) is 102 cm³/mol. The Kier molecular flexibility index (Phi) is 6.88. The number of likely N-dealkylation sites (tertiary alicyclic amines) is 2. The van der Waals surface area contributed by atoms with Crippen molar-refractivity contribution in [3.8, 4) is 0 Å². The van der Waals surface area contributed by atoms with Gasteiger partial charge in [0.1, 0.15) is 0 Å². The number of carbonyl (C=O) groups is 1. The molecule has 1 unspecified atom stereocenters. The molecule has 4 heteroatoms. The molecule has 1 N–H and O–H groups in total. The van der Waals surface area contributed by atoms with Crippen LogP contribution in [0.25, 0.3) is 0 Å². The minimum Gasteiger partial charge on any atom is -0.355 e. The Morgan fingerprint density at radius 3 is 2.56 bits per heavy atom. The molecule has 0 bridgehead atoms. The van der Waals surface area contributed by atoms with Crippen LogP contribution in [0.2, 0.25) is 0 Å². The van der Waals surface area contributed by atoms with Crippen molar-refractivity contribution in [1.82, 2.24) is 15.1 Å². The Labute approximate surface area is 152 Å². The van der Waals surface area contributed by atoms with E-state index in [1.165, 1.54) is 31.4 Å². The van der Waals surface area contributed by atoms with E-state index in [9.17, 15) is 4.79 Å². The molecular formula is C21H33N3O. The lowest BCUT2D eigenvalue weighted by molar-refractivity contribution is -0.126. The Balaban J connectivity index is 1.34. The van der Waals surface area contributed by atoms with E-state index in [4.69, 9.17) is 0 Å². The van der Waals surface area contributed by atoms with E-state index < -0.39 is 0 Å². The molecule has 0 saturated carbocycles. The van der Waals surface area contributed by atoms with Crippen molar-refractivity contribution in [3.05, 3.63) is 35.9 Å². The average molecular weight is 344 g/mol. The number of amides is 1. The fourth-order valence-corrected chi connectivity index (χ4v) is 4.15. The highest BCUT2D eigenvalue weighted by Crippen LogP contribution is 2.19. The molecule has 2 aliphatic rings. The zero-order chi connectivity index (χ0) is 17.5. The van der Waals surface area contributed by atoms with Gasteiger partial charge in [-0.15, -0.1) is 0 Å². The Bertz CT molecular complexity index is 525. The van der Waals surface area contributed by atoms with Gasteiger partial charge < -0.3 is 5.32 Å². The number of carbonyl (C=O) groups excluding carboxylic acids is 1. The fraction of sp³-hybridized carbons (Fsp3) is 0.667. The molecule has 1 aromatic carbocycles. The normalized spacial score (nSPS) is 23.5. The largest absolute Gasteiger partial charge is 0.355 e. The Hall–Kier alpha value is -1.39. The number of hydrogen-bond acceptors (Lipinski definition) is 3. The lowest BCUT2D eigenvalue weighted by Gasteiger charge is -2.34. The fourth-order valence-electron chi connectivity index (χ4n) is 4.15. The van der Waals surface area contributed by atoms with Gasteiger partial charge in [0.15, 0.2) is 0 Å². The standard InChI is InChI=1S/C21H33N3O/c1-18-7-5-6-13-24(18)16-12-22-21(25)20-10-14-23(15-11-20)17-19-8-3-2-4-9-19/h2-4,8-9,18,20H,5-7,10-17H2,1H3,(H,22,25). The van der Waals surface area contributed by atoms with Gasteiger partial charge in [0.05, 0.1) is 0 Å². The van der Waals surface area contributed by atoms with Crippen LogP contribution in [-0.4, -0.2) is 54.5 Å². The van der Waals surface area contributed by atoms with E-state index in [-0.39, 0.29) is 11.8 Å². The molecule has 0 aromatic heterocycles. The summed E-state index contributed by atoms with van der Waals surface area (Å²) in [5, 5.41) is 3.19. The number of nitrogens with one attached hydrogen (secondary N) is 1. The van der Waals surface area contributed by atoms with Gasteiger partial charge in [-0.25, -0.2) is 0 Å². The first-order chi connectivity index (χ1) is 12.2. The van der Waals surface area contributed by atoms with E-state index in [2.05, 4.69) is 52.4 Å². The van der Waals surface area contributed by atoms with Crippen LogP contribution in [0.3, 0.4) is 0 Å². The van der Waals surface area contributed by atoms with Gasteiger partial charge in [-0.2, -0.15) is 0 Å². The molecule has 138 valence electrons. The molecule has 4 nitrogen and oxygen atoms in total. The molecule has 2 heterocycles. The molecule has 1 atom stereocenters. The number of nitrogens with zero attached hydrogens (tertiary/aromatic N) is 2. The summed E-state index contributed by atoms with van der Waals surface area (Å²) in [5.74, 6) is 0.467. The lowest BCUT2D eigenvalue weighted by atomic mass is 9.95. The van der Waals surface area contributed by atoms with Crippen molar-refractivity contribution in [3.63, 3.8) is 0 Å². The maximum atomic E-state index is 12.4. The second-order valence-corrected chi connectivity index (χ2v) is 7.71. The zero-order valence-corrected chi connectivity index (χ0v) is 15.6. The van der Waals surface area contributed by atoms with E-state index in [1.807, 2.05) is 0 Å². The molecule has 0 radical (unpaired) electrons. The van der Waals surface area contributed by atoms with Gasteiger partial charge in [-0.3, -0.25) is 14.6 Å². The molecule has 2 aliphatic heterocycles. The highest BCUT2D eigenvalue weighted by atomic mass is 16.1. The molecule has 1 aromatic rings. The van der Waals surface area contributed by atoms with Gasteiger partial charge in [0, 0.05) is 31.6 Å². The van der Waals surface area contributed by atoms with Gasteiger partial charge in [-0.1, -0.05) is 36.8 Å². The minimum absolute atomic E-state index is 0.200. The summed E-state index contributed by atoms with van der Waals surface area (Å²) >= 11 is 0. The van der Waals surface area contributed by atoms with E-state index >= 15 is 0 Å². The van der Waals surface area contributed by atoms with Crippen molar-refractivity contribution in [2.75, 3.05) is 32.7 Å². The second-order valence-electron chi connectivity index (χ2n) is 7.71. The molecule has 2 fully saturated rings. The summed E-state index contributed by atoms with van der Waals surface area (Å²) in [6.45, 7) is 8.35. The first-order valence-corrected chi connectivity index (χ1v) is 10.0. The second kappa shape index (κ2) is 9.35. The highest BCUT2D eigenvalue weighted by molar-refractivity contribution is 5.78.